The van der Waals surface area contributed by atoms with E-state index in [2.05, 4.69) is 14.5 Å². The third kappa shape index (κ3) is 4.69. The van der Waals surface area contributed by atoms with Crippen LogP contribution in [0.4, 0.5) is 0 Å². The fourth-order valence-corrected chi connectivity index (χ4v) is 5.55. The maximum atomic E-state index is 13.2. The molecule has 150 valence electrons. The Labute approximate surface area is 166 Å². The highest BCUT2D eigenvalue weighted by atomic mass is 32.1. The number of rotatable bonds is 6. The van der Waals surface area contributed by atoms with Crippen molar-refractivity contribution in [1.82, 2.24) is 19.4 Å². The molecule has 2 aliphatic heterocycles. The second-order valence-electron chi connectivity index (χ2n) is 8.45. The smallest absolute Gasteiger partial charge is 0.267 e. The van der Waals surface area contributed by atoms with E-state index in [-0.39, 0.29) is 12.0 Å². The van der Waals surface area contributed by atoms with Crippen molar-refractivity contribution < 1.29 is 9.53 Å². The Hall–Kier alpha value is -1.05. The van der Waals surface area contributed by atoms with E-state index in [0.717, 1.165) is 37.7 Å². The highest BCUT2D eigenvalue weighted by molar-refractivity contribution is 7.07. The minimum absolute atomic E-state index is 0.0937. The molecular weight excluding hydrogens is 360 g/mol. The van der Waals surface area contributed by atoms with Crippen LogP contribution in [0.3, 0.4) is 0 Å². The van der Waals surface area contributed by atoms with E-state index in [1.165, 1.54) is 63.1 Å². The lowest BCUT2D eigenvalue weighted by Crippen LogP contribution is -2.45. The van der Waals surface area contributed by atoms with Gasteiger partial charge in [0.25, 0.3) is 5.91 Å². The zero-order chi connectivity index (χ0) is 18.6. The Morgan fingerprint density at radius 1 is 1.15 bits per heavy atom. The number of likely N-dealkylation sites (tertiary alicyclic amines) is 1. The first-order valence-corrected chi connectivity index (χ1v) is 11.4. The van der Waals surface area contributed by atoms with E-state index >= 15 is 0 Å². The Bertz CT molecular complexity index is 617. The number of aromatic nitrogens is 2. The predicted octanol–water partition coefficient (Wildman–Crippen LogP) is 3.12. The molecule has 0 unspecified atom stereocenters. The van der Waals surface area contributed by atoms with Gasteiger partial charge in [0.05, 0.1) is 11.8 Å². The Balaban J connectivity index is 1.37. The summed E-state index contributed by atoms with van der Waals surface area (Å²) in [6.45, 7) is 6.64. The lowest BCUT2D eigenvalue weighted by Gasteiger charge is -2.38. The molecule has 3 heterocycles. The van der Waals surface area contributed by atoms with Crippen molar-refractivity contribution in [3.63, 3.8) is 0 Å². The number of hydrogen-bond acceptors (Lipinski definition) is 6. The molecule has 1 aromatic heterocycles. The molecule has 6 nitrogen and oxygen atoms in total. The summed E-state index contributed by atoms with van der Waals surface area (Å²) in [5.74, 6) is 0.686. The molecule has 2 saturated heterocycles. The Kier molecular flexibility index (Phi) is 6.40. The first-order valence-electron chi connectivity index (χ1n) is 10.6. The van der Waals surface area contributed by atoms with Gasteiger partial charge in [0.2, 0.25) is 0 Å². The van der Waals surface area contributed by atoms with Crippen molar-refractivity contribution >= 4 is 17.4 Å². The van der Waals surface area contributed by atoms with Gasteiger partial charge in [-0.2, -0.15) is 0 Å². The first kappa shape index (κ1) is 19.3. The second kappa shape index (κ2) is 8.97. The summed E-state index contributed by atoms with van der Waals surface area (Å²) in [7, 11) is 0. The van der Waals surface area contributed by atoms with E-state index in [9.17, 15) is 4.79 Å². The number of ether oxygens (including phenoxy) is 1. The Morgan fingerprint density at radius 3 is 2.56 bits per heavy atom. The monoisotopic (exact) mass is 392 g/mol. The molecule has 3 fully saturated rings. The normalized spacial score (nSPS) is 25.3. The summed E-state index contributed by atoms with van der Waals surface area (Å²) in [5.41, 5.74) is 0.749. The zero-order valence-corrected chi connectivity index (χ0v) is 17.3. The average Bonchev–Trinajstić information content (AvgIpc) is 3.44. The first-order chi connectivity index (χ1) is 13.2. The molecule has 3 aliphatic rings. The van der Waals surface area contributed by atoms with Gasteiger partial charge in [-0.3, -0.25) is 4.79 Å². The van der Waals surface area contributed by atoms with Crippen molar-refractivity contribution in [2.45, 2.75) is 70.4 Å². The van der Waals surface area contributed by atoms with Crippen molar-refractivity contribution in [2.75, 3.05) is 32.8 Å². The maximum absolute atomic E-state index is 13.2. The zero-order valence-electron chi connectivity index (χ0n) is 16.4. The summed E-state index contributed by atoms with van der Waals surface area (Å²) in [6, 6.07) is 0.821. The number of nitrogens with zero attached hydrogens (tertiary/aromatic N) is 4. The molecule has 27 heavy (non-hydrogen) atoms. The van der Waals surface area contributed by atoms with E-state index in [4.69, 9.17) is 4.74 Å². The number of hydrogen-bond donors (Lipinski definition) is 0. The van der Waals surface area contributed by atoms with Gasteiger partial charge in [-0.1, -0.05) is 17.3 Å². The number of carbonyl (C=O) groups excluding carboxylic acids is 1. The van der Waals surface area contributed by atoms with Crippen LogP contribution in [0, 0.1) is 12.8 Å². The topological polar surface area (TPSA) is 58.6 Å². The highest BCUT2D eigenvalue weighted by Crippen LogP contribution is 2.29. The molecule has 1 amide bonds. The van der Waals surface area contributed by atoms with Crippen LogP contribution < -0.4 is 0 Å². The number of carbonyl (C=O) groups is 1. The van der Waals surface area contributed by atoms with Crippen LogP contribution >= 0.6 is 11.5 Å². The number of amides is 1. The largest absolute Gasteiger partial charge is 0.376 e. The van der Waals surface area contributed by atoms with Gasteiger partial charge in [-0.05, 0) is 76.0 Å². The van der Waals surface area contributed by atoms with E-state index < -0.39 is 0 Å². The standard InChI is InChI=1S/C20H32N4O2S/c1-15-19(27-22-21-15)20(25)24(14-18-7-4-12-26-18)13-16-8-10-23(11-9-16)17-5-2-3-6-17/h16-18H,2-14H2,1H3/t18-/m0/s1. The van der Waals surface area contributed by atoms with Gasteiger partial charge in [-0.25, -0.2) is 0 Å². The maximum Gasteiger partial charge on any atom is 0.267 e. The highest BCUT2D eigenvalue weighted by Gasteiger charge is 2.31. The van der Waals surface area contributed by atoms with Crippen LogP contribution in [0.25, 0.3) is 0 Å². The van der Waals surface area contributed by atoms with Gasteiger partial charge < -0.3 is 14.5 Å². The van der Waals surface area contributed by atoms with Crippen molar-refractivity contribution in [3.8, 4) is 0 Å². The van der Waals surface area contributed by atoms with Crippen molar-refractivity contribution in [3.05, 3.63) is 10.6 Å². The lowest BCUT2D eigenvalue weighted by molar-refractivity contribution is 0.0432. The molecule has 0 bridgehead atoms. The van der Waals surface area contributed by atoms with E-state index in [1.54, 1.807) is 0 Å². The van der Waals surface area contributed by atoms with Gasteiger partial charge >= 0.3 is 0 Å². The molecule has 7 heteroatoms. The molecule has 0 radical (unpaired) electrons. The molecule has 4 rings (SSSR count). The molecule has 1 saturated carbocycles. The summed E-state index contributed by atoms with van der Waals surface area (Å²) < 4.78 is 9.79. The van der Waals surface area contributed by atoms with Crippen LogP contribution in [-0.2, 0) is 4.74 Å². The van der Waals surface area contributed by atoms with Crippen LogP contribution in [0.2, 0.25) is 0 Å². The minimum Gasteiger partial charge on any atom is -0.376 e. The van der Waals surface area contributed by atoms with Gasteiger partial charge in [-0.15, -0.1) is 5.10 Å². The molecule has 0 aromatic carbocycles. The van der Waals surface area contributed by atoms with Crippen molar-refractivity contribution in [1.29, 1.82) is 0 Å². The number of aryl methyl sites for hydroxylation is 1. The lowest BCUT2D eigenvalue weighted by atomic mass is 9.94. The summed E-state index contributed by atoms with van der Waals surface area (Å²) in [4.78, 5) is 18.6. The van der Waals surface area contributed by atoms with Crippen molar-refractivity contribution in [2.24, 2.45) is 5.92 Å². The average molecular weight is 393 g/mol. The number of piperidine rings is 1. The fraction of sp³-hybridized carbons (Fsp3) is 0.850. The Morgan fingerprint density at radius 2 is 1.93 bits per heavy atom. The molecule has 1 aromatic rings. The fourth-order valence-electron chi connectivity index (χ4n) is 4.93. The predicted molar refractivity (Wildman–Crippen MR) is 106 cm³/mol. The molecule has 1 aliphatic carbocycles. The summed E-state index contributed by atoms with van der Waals surface area (Å²) >= 11 is 1.22. The molecule has 1 atom stereocenters. The van der Waals surface area contributed by atoms with Gasteiger partial charge in [0, 0.05) is 25.7 Å². The van der Waals surface area contributed by atoms with Gasteiger partial charge in [0.15, 0.2) is 0 Å². The second-order valence-corrected chi connectivity index (χ2v) is 9.20. The SMILES string of the molecule is Cc1nnsc1C(=O)N(CC1CCN(C2CCCC2)CC1)C[C@@H]1CCCO1. The van der Waals surface area contributed by atoms with Crippen LogP contribution in [0.1, 0.15) is 66.7 Å². The van der Waals surface area contributed by atoms with E-state index in [0.29, 0.717) is 17.3 Å². The summed E-state index contributed by atoms with van der Waals surface area (Å²) in [5, 5.41) is 4.04. The van der Waals surface area contributed by atoms with Crippen LogP contribution in [0.15, 0.2) is 0 Å². The molecular formula is C20H32N4O2S. The third-order valence-corrected chi connectivity index (χ3v) is 7.37. The third-order valence-electron chi connectivity index (χ3n) is 6.55. The molecule has 0 N–H and O–H groups in total. The van der Waals surface area contributed by atoms with E-state index in [1.807, 2.05) is 11.8 Å². The van der Waals surface area contributed by atoms with Crippen LogP contribution in [-0.4, -0.2) is 70.2 Å². The van der Waals surface area contributed by atoms with Crippen LogP contribution in [0.5, 0.6) is 0 Å². The van der Waals surface area contributed by atoms with Gasteiger partial charge in [0.1, 0.15) is 4.88 Å². The molecule has 0 spiro atoms. The minimum atomic E-state index is 0.0937. The summed E-state index contributed by atoms with van der Waals surface area (Å²) in [6.07, 6.45) is 10.3. The quantitative estimate of drug-likeness (QED) is 0.744.